The molecule has 0 aliphatic heterocycles. The van der Waals surface area contributed by atoms with Crippen molar-refractivity contribution in [3.8, 4) is 0 Å². The van der Waals surface area contributed by atoms with Crippen molar-refractivity contribution < 1.29 is 0 Å². The molecule has 0 bridgehead atoms. The lowest BCUT2D eigenvalue weighted by Gasteiger charge is -2.16. The molecule has 1 aromatic heterocycles. The van der Waals surface area contributed by atoms with Crippen molar-refractivity contribution in [3.63, 3.8) is 0 Å². The molecule has 1 heteroatoms. The molecule has 78 valence electrons. The van der Waals surface area contributed by atoms with Crippen LogP contribution < -0.4 is 0 Å². The third kappa shape index (κ3) is 2.98. The van der Waals surface area contributed by atoms with Crippen LogP contribution in [0, 0.1) is 12.8 Å². The molecule has 1 rings (SSSR count). The van der Waals surface area contributed by atoms with Gasteiger partial charge in [-0.3, -0.25) is 0 Å². The van der Waals surface area contributed by atoms with Crippen LogP contribution in [0.4, 0.5) is 0 Å². The number of thiophene rings is 1. The number of aryl methyl sites for hydroxylation is 1. The van der Waals surface area contributed by atoms with Crippen molar-refractivity contribution in [3.05, 3.63) is 34.0 Å². The Hall–Kier alpha value is -0.560. The van der Waals surface area contributed by atoms with Gasteiger partial charge in [-0.1, -0.05) is 26.0 Å². The Balaban J connectivity index is 2.58. The Morgan fingerprint density at radius 1 is 1.43 bits per heavy atom. The van der Waals surface area contributed by atoms with Crippen molar-refractivity contribution >= 4 is 11.3 Å². The van der Waals surface area contributed by atoms with Crippen molar-refractivity contribution in [2.45, 2.75) is 40.0 Å². The Bertz CT molecular complexity index is 309. The molecule has 0 saturated heterocycles. The Labute approximate surface area is 91.7 Å². The molecule has 1 unspecified atom stereocenters. The predicted octanol–water partition coefficient (Wildman–Crippen LogP) is 4.76. The molecule has 0 aliphatic carbocycles. The van der Waals surface area contributed by atoms with Crippen LogP contribution in [0.1, 0.15) is 42.9 Å². The number of rotatable bonds is 4. The average Bonchev–Trinajstić information content (AvgIpc) is 2.51. The van der Waals surface area contributed by atoms with Gasteiger partial charge in [-0.05, 0) is 44.2 Å². The zero-order valence-corrected chi connectivity index (χ0v) is 10.4. The molecule has 0 fully saturated rings. The fraction of sp³-hybridized carbons (Fsp3) is 0.538. The van der Waals surface area contributed by atoms with Gasteiger partial charge in [0.15, 0.2) is 0 Å². The Morgan fingerprint density at radius 3 is 2.50 bits per heavy atom. The maximum absolute atomic E-state index is 4.01. The minimum atomic E-state index is 0.632. The normalized spacial score (nSPS) is 15.1. The maximum atomic E-state index is 4.01. The summed E-state index contributed by atoms with van der Waals surface area (Å²) in [6.45, 7) is 12.9. The van der Waals surface area contributed by atoms with Crippen molar-refractivity contribution in [1.82, 2.24) is 0 Å². The zero-order valence-electron chi connectivity index (χ0n) is 9.63. The van der Waals surface area contributed by atoms with E-state index in [0.29, 0.717) is 11.8 Å². The molecule has 0 saturated carbocycles. The van der Waals surface area contributed by atoms with E-state index in [4.69, 9.17) is 0 Å². The van der Waals surface area contributed by atoms with Crippen molar-refractivity contribution in [1.29, 1.82) is 0 Å². The lowest BCUT2D eigenvalue weighted by Crippen LogP contribution is -2.01. The molecular weight excluding hydrogens is 188 g/mol. The molecule has 2 atom stereocenters. The van der Waals surface area contributed by atoms with Crippen LogP contribution in [0.2, 0.25) is 0 Å². The van der Waals surface area contributed by atoms with E-state index in [1.54, 1.807) is 0 Å². The number of allylic oxidation sites excluding steroid dienone is 1. The van der Waals surface area contributed by atoms with Gasteiger partial charge in [0.1, 0.15) is 0 Å². The van der Waals surface area contributed by atoms with Crippen LogP contribution in [0.15, 0.2) is 24.3 Å². The molecule has 0 radical (unpaired) electrons. The monoisotopic (exact) mass is 208 g/mol. The van der Waals surface area contributed by atoms with Crippen LogP contribution in [-0.4, -0.2) is 0 Å². The molecule has 0 aliphatic rings. The van der Waals surface area contributed by atoms with Gasteiger partial charge in [0.25, 0.3) is 0 Å². The predicted molar refractivity (Wildman–Crippen MR) is 66.1 cm³/mol. The van der Waals surface area contributed by atoms with E-state index in [2.05, 4.69) is 46.4 Å². The van der Waals surface area contributed by atoms with E-state index >= 15 is 0 Å². The lowest BCUT2D eigenvalue weighted by molar-refractivity contribution is 0.551. The minimum absolute atomic E-state index is 0.632. The van der Waals surface area contributed by atoms with E-state index in [1.165, 1.54) is 21.7 Å². The summed E-state index contributed by atoms with van der Waals surface area (Å²) in [5, 5.41) is 0. The van der Waals surface area contributed by atoms with E-state index in [1.807, 2.05) is 11.3 Å². The molecule has 0 nitrogen and oxygen atoms in total. The smallest absolute Gasteiger partial charge is 0.00764 e. The second kappa shape index (κ2) is 4.79. The van der Waals surface area contributed by atoms with Gasteiger partial charge in [-0.25, -0.2) is 0 Å². The van der Waals surface area contributed by atoms with Crippen LogP contribution in [-0.2, 0) is 0 Å². The first kappa shape index (κ1) is 11.5. The van der Waals surface area contributed by atoms with Gasteiger partial charge in [0.2, 0.25) is 0 Å². The number of hydrogen-bond donors (Lipinski definition) is 0. The molecule has 1 aromatic rings. The second-order valence-electron chi connectivity index (χ2n) is 4.33. The van der Waals surface area contributed by atoms with Gasteiger partial charge >= 0.3 is 0 Å². The topological polar surface area (TPSA) is 0 Å². The van der Waals surface area contributed by atoms with E-state index in [-0.39, 0.29) is 0 Å². The molecule has 0 N–H and O–H groups in total. The molecule has 0 amide bonds. The first-order valence-electron chi connectivity index (χ1n) is 5.22. The summed E-state index contributed by atoms with van der Waals surface area (Å²) in [5.41, 5.74) is 1.30. The third-order valence-electron chi connectivity index (χ3n) is 2.80. The summed E-state index contributed by atoms with van der Waals surface area (Å²) in [5.74, 6) is 1.30. The second-order valence-corrected chi connectivity index (χ2v) is 5.65. The highest BCUT2D eigenvalue weighted by atomic mass is 32.1. The highest BCUT2D eigenvalue weighted by molar-refractivity contribution is 7.12. The average molecular weight is 208 g/mol. The van der Waals surface area contributed by atoms with Crippen LogP contribution in [0.3, 0.4) is 0 Å². The van der Waals surface area contributed by atoms with Crippen LogP contribution >= 0.6 is 11.3 Å². The van der Waals surface area contributed by atoms with Crippen molar-refractivity contribution in [2.75, 3.05) is 0 Å². The molecule has 1 heterocycles. The third-order valence-corrected chi connectivity index (χ3v) is 4.03. The summed E-state index contributed by atoms with van der Waals surface area (Å²) in [6.07, 6.45) is 1.22. The molecule has 0 spiro atoms. The van der Waals surface area contributed by atoms with Crippen LogP contribution in [0.25, 0.3) is 0 Å². The highest BCUT2D eigenvalue weighted by Gasteiger charge is 2.12. The SMILES string of the molecule is C=C(C)[C@H](C)CC(C)c1ccc(C)s1. The summed E-state index contributed by atoms with van der Waals surface area (Å²) >= 11 is 1.92. The number of hydrogen-bond acceptors (Lipinski definition) is 1. The standard InChI is InChI=1S/C13H20S/c1-9(2)10(3)8-11(4)13-7-6-12(5)14-13/h6-7,10-11H,1,8H2,2-5H3/t10-,11?/m1/s1. The van der Waals surface area contributed by atoms with E-state index < -0.39 is 0 Å². The summed E-state index contributed by atoms with van der Waals surface area (Å²) in [7, 11) is 0. The van der Waals surface area contributed by atoms with Gasteiger partial charge in [0.05, 0.1) is 0 Å². The quantitative estimate of drug-likeness (QED) is 0.626. The highest BCUT2D eigenvalue weighted by Crippen LogP contribution is 2.30. The van der Waals surface area contributed by atoms with Gasteiger partial charge in [-0.2, -0.15) is 0 Å². The van der Waals surface area contributed by atoms with Gasteiger partial charge < -0.3 is 0 Å². The minimum Gasteiger partial charge on any atom is -0.145 e. The molecular formula is C13H20S. The first-order chi connectivity index (χ1) is 6.50. The lowest BCUT2D eigenvalue weighted by atomic mass is 9.92. The fourth-order valence-corrected chi connectivity index (χ4v) is 2.51. The summed E-state index contributed by atoms with van der Waals surface area (Å²) in [6, 6.07) is 4.47. The summed E-state index contributed by atoms with van der Waals surface area (Å²) in [4.78, 5) is 2.92. The van der Waals surface area contributed by atoms with Crippen molar-refractivity contribution in [2.24, 2.45) is 5.92 Å². The molecule has 14 heavy (non-hydrogen) atoms. The fourth-order valence-electron chi connectivity index (χ4n) is 1.57. The van der Waals surface area contributed by atoms with Gasteiger partial charge in [-0.15, -0.1) is 11.3 Å². The Kier molecular flexibility index (Phi) is 3.94. The molecule has 0 aromatic carbocycles. The van der Waals surface area contributed by atoms with E-state index in [9.17, 15) is 0 Å². The first-order valence-corrected chi connectivity index (χ1v) is 6.04. The Morgan fingerprint density at radius 2 is 2.07 bits per heavy atom. The van der Waals surface area contributed by atoms with Gasteiger partial charge in [0, 0.05) is 9.75 Å². The maximum Gasteiger partial charge on any atom is 0.00764 e. The zero-order chi connectivity index (χ0) is 10.7. The summed E-state index contributed by atoms with van der Waals surface area (Å²) < 4.78 is 0. The van der Waals surface area contributed by atoms with Crippen LogP contribution in [0.5, 0.6) is 0 Å². The van der Waals surface area contributed by atoms with E-state index in [0.717, 1.165) is 0 Å². The largest absolute Gasteiger partial charge is 0.145 e.